The first-order chi connectivity index (χ1) is 21.0. The number of halogens is 3. The summed E-state index contributed by atoms with van der Waals surface area (Å²) in [5.41, 5.74) is 0. The molecule has 0 saturated heterocycles. The SMILES string of the molecule is Ic1ccc(COc2cc([SH](c3ccccc3)c3ccccc3)cc(OCc3ccc(I)o3)c2OCc2ccc(I)o2)o1. The average molecular weight is 930 g/mol. The highest BCUT2D eigenvalue weighted by Crippen LogP contribution is 2.55. The maximum Gasteiger partial charge on any atom is 0.204 e. The van der Waals surface area contributed by atoms with Gasteiger partial charge < -0.3 is 27.5 Å². The molecule has 3 aromatic carbocycles. The molecule has 3 aromatic heterocycles. The van der Waals surface area contributed by atoms with Crippen LogP contribution in [0.25, 0.3) is 0 Å². The topological polar surface area (TPSA) is 67.1 Å². The molecule has 43 heavy (non-hydrogen) atoms. The minimum absolute atomic E-state index is 0.207. The fraction of sp³-hybridized carbons (Fsp3) is 0.0909. The van der Waals surface area contributed by atoms with Crippen molar-refractivity contribution in [1.29, 1.82) is 0 Å². The van der Waals surface area contributed by atoms with Crippen molar-refractivity contribution in [2.24, 2.45) is 0 Å². The highest BCUT2D eigenvalue weighted by molar-refractivity contribution is 14.1. The normalized spacial score (nSPS) is 11.4. The smallest absolute Gasteiger partial charge is 0.204 e. The van der Waals surface area contributed by atoms with E-state index in [-0.39, 0.29) is 19.8 Å². The van der Waals surface area contributed by atoms with Gasteiger partial charge in [-0.3, -0.25) is 0 Å². The van der Waals surface area contributed by atoms with E-state index in [0.717, 1.165) is 16.2 Å². The molecule has 0 bridgehead atoms. The van der Waals surface area contributed by atoms with Crippen molar-refractivity contribution in [3.8, 4) is 17.2 Å². The highest BCUT2D eigenvalue weighted by Gasteiger charge is 2.22. The monoisotopic (exact) mass is 930 g/mol. The third-order valence-electron chi connectivity index (χ3n) is 6.28. The van der Waals surface area contributed by atoms with Crippen LogP contribution in [0.1, 0.15) is 17.3 Å². The second-order valence-electron chi connectivity index (χ2n) is 9.26. The predicted molar refractivity (Wildman–Crippen MR) is 190 cm³/mol. The summed E-state index contributed by atoms with van der Waals surface area (Å²) < 4.78 is 39.0. The van der Waals surface area contributed by atoms with E-state index in [2.05, 4.69) is 128 Å². The summed E-state index contributed by atoms with van der Waals surface area (Å²) in [7, 11) is -0.947. The summed E-state index contributed by atoms with van der Waals surface area (Å²) in [5.74, 6) is 3.70. The number of thiol groups is 1. The maximum absolute atomic E-state index is 6.44. The minimum atomic E-state index is -0.947. The van der Waals surface area contributed by atoms with Gasteiger partial charge in [-0.1, -0.05) is 36.4 Å². The number of hydrogen-bond acceptors (Lipinski definition) is 6. The van der Waals surface area contributed by atoms with Crippen LogP contribution in [0.5, 0.6) is 17.2 Å². The van der Waals surface area contributed by atoms with Crippen LogP contribution in [-0.4, -0.2) is 0 Å². The third-order valence-corrected chi connectivity index (χ3v) is 10.4. The van der Waals surface area contributed by atoms with Crippen LogP contribution in [0.2, 0.25) is 0 Å². The Balaban J connectivity index is 1.45. The second-order valence-corrected chi connectivity index (χ2v) is 14.7. The molecule has 0 aliphatic rings. The number of benzene rings is 3. The number of furan rings is 3. The van der Waals surface area contributed by atoms with E-state index in [4.69, 9.17) is 27.5 Å². The second kappa shape index (κ2) is 14.5. The Bertz CT molecular complexity index is 1680. The van der Waals surface area contributed by atoms with E-state index in [0.29, 0.717) is 34.5 Å². The van der Waals surface area contributed by atoms with Gasteiger partial charge in [0.2, 0.25) is 5.75 Å². The van der Waals surface area contributed by atoms with Gasteiger partial charge in [0.15, 0.2) is 22.8 Å². The summed E-state index contributed by atoms with van der Waals surface area (Å²) in [6, 6.07) is 36.6. The summed E-state index contributed by atoms with van der Waals surface area (Å²) in [6.45, 7) is 0.663. The lowest BCUT2D eigenvalue weighted by molar-refractivity contribution is 0.203. The fourth-order valence-electron chi connectivity index (χ4n) is 4.38. The van der Waals surface area contributed by atoms with E-state index in [1.165, 1.54) is 9.79 Å². The Labute approximate surface area is 292 Å². The first-order valence-corrected chi connectivity index (χ1v) is 17.8. The molecule has 0 amide bonds. The van der Waals surface area contributed by atoms with Gasteiger partial charge in [0, 0.05) is 4.90 Å². The molecule has 0 aliphatic carbocycles. The van der Waals surface area contributed by atoms with Gasteiger partial charge in [0.05, 0.1) is 0 Å². The Morgan fingerprint density at radius 1 is 0.465 bits per heavy atom. The third kappa shape index (κ3) is 7.94. The number of rotatable bonds is 12. The van der Waals surface area contributed by atoms with Gasteiger partial charge in [-0.25, -0.2) is 0 Å². The summed E-state index contributed by atoms with van der Waals surface area (Å²) in [4.78, 5) is 3.47. The van der Waals surface area contributed by atoms with Crippen LogP contribution in [-0.2, 0) is 19.8 Å². The Morgan fingerprint density at radius 3 is 1.23 bits per heavy atom. The van der Waals surface area contributed by atoms with Crippen LogP contribution < -0.4 is 14.2 Å². The average Bonchev–Trinajstić information content (AvgIpc) is 3.76. The largest absolute Gasteiger partial charge is 0.482 e. The van der Waals surface area contributed by atoms with Crippen LogP contribution >= 0.6 is 78.7 Å². The van der Waals surface area contributed by atoms with Gasteiger partial charge in [-0.15, -0.1) is 0 Å². The van der Waals surface area contributed by atoms with Gasteiger partial charge in [-0.05, 0) is 150 Å². The highest BCUT2D eigenvalue weighted by atomic mass is 127. The number of ether oxygens (including phenoxy) is 3. The Morgan fingerprint density at radius 2 is 0.860 bits per heavy atom. The molecule has 0 N–H and O–H groups in total. The first-order valence-electron chi connectivity index (χ1n) is 13.2. The fourth-order valence-corrected chi connectivity index (χ4v) is 8.09. The van der Waals surface area contributed by atoms with Crippen molar-refractivity contribution < 1.29 is 27.5 Å². The molecule has 220 valence electrons. The van der Waals surface area contributed by atoms with Gasteiger partial charge in [0.25, 0.3) is 0 Å². The lowest BCUT2D eigenvalue weighted by Gasteiger charge is -2.26. The molecule has 0 spiro atoms. The van der Waals surface area contributed by atoms with Gasteiger partial charge in [0.1, 0.15) is 37.1 Å². The first kappa shape index (κ1) is 30.5. The zero-order chi connectivity index (χ0) is 29.6. The summed E-state index contributed by atoms with van der Waals surface area (Å²) in [5, 5.41) is 0. The molecule has 6 aromatic rings. The molecule has 10 heteroatoms. The Hall–Kier alpha value is -2.56. The van der Waals surface area contributed by atoms with E-state index in [1.807, 2.05) is 48.5 Å². The lowest BCUT2D eigenvalue weighted by atomic mass is 10.3. The maximum atomic E-state index is 6.44. The van der Waals surface area contributed by atoms with Gasteiger partial charge in [-0.2, -0.15) is 10.9 Å². The molecule has 0 fully saturated rings. The molecule has 0 saturated carbocycles. The van der Waals surface area contributed by atoms with Gasteiger partial charge >= 0.3 is 0 Å². The zero-order valence-corrected chi connectivity index (χ0v) is 29.9. The van der Waals surface area contributed by atoms with E-state index in [9.17, 15) is 0 Å². The molecule has 0 radical (unpaired) electrons. The molecular weight excluding hydrogens is 905 g/mol. The van der Waals surface area contributed by atoms with Crippen molar-refractivity contribution in [3.63, 3.8) is 0 Å². The van der Waals surface area contributed by atoms with Crippen LogP contribution in [0, 0.1) is 11.3 Å². The van der Waals surface area contributed by atoms with Crippen molar-refractivity contribution in [1.82, 2.24) is 0 Å². The zero-order valence-electron chi connectivity index (χ0n) is 22.5. The van der Waals surface area contributed by atoms with E-state index < -0.39 is 10.9 Å². The summed E-state index contributed by atoms with van der Waals surface area (Å²) >= 11 is 6.44. The van der Waals surface area contributed by atoms with Crippen LogP contribution in [0.4, 0.5) is 0 Å². The molecule has 0 unspecified atom stereocenters. The Kier molecular flexibility index (Phi) is 10.3. The molecular formula is C33H25I3O6S. The van der Waals surface area contributed by atoms with Crippen molar-refractivity contribution in [2.75, 3.05) is 0 Å². The van der Waals surface area contributed by atoms with Crippen molar-refractivity contribution in [3.05, 3.63) is 138 Å². The standard InChI is InChI=1S/C33H25I3O6S/c34-30-14-11-22(40-30)19-37-28-17-27(43(25-7-3-1-4-8-25)26-9-5-2-6-10-26)18-29(38-20-23-12-15-31(35)41-23)33(28)39-21-24-13-16-32(36)42-24/h1-18,43H,19-21H2. The number of hydrogen-bond donors (Lipinski definition) is 1. The molecule has 0 aliphatic heterocycles. The van der Waals surface area contributed by atoms with Crippen LogP contribution in [0.3, 0.4) is 0 Å². The van der Waals surface area contributed by atoms with Crippen molar-refractivity contribution in [2.45, 2.75) is 34.5 Å². The molecule has 3 heterocycles. The summed E-state index contributed by atoms with van der Waals surface area (Å²) in [6.07, 6.45) is 0. The van der Waals surface area contributed by atoms with Crippen molar-refractivity contribution >= 4 is 78.7 Å². The molecule has 0 atom stereocenters. The predicted octanol–water partition coefficient (Wildman–Crippen LogP) is 10.5. The molecule has 6 nitrogen and oxygen atoms in total. The van der Waals surface area contributed by atoms with Crippen LogP contribution in [0.15, 0.2) is 137 Å². The lowest BCUT2D eigenvalue weighted by Crippen LogP contribution is -2.04. The minimum Gasteiger partial charge on any atom is -0.482 e. The quantitative estimate of drug-likeness (QED) is 0.0974. The van der Waals surface area contributed by atoms with E-state index in [1.54, 1.807) is 0 Å². The van der Waals surface area contributed by atoms with E-state index >= 15 is 0 Å². The molecule has 6 rings (SSSR count).